The van der Waals surface area contributed by atoms with Gasteiger partial charge < -0.3 is 15.4 Å². The van der Waals surface area contributed by atoms with Gasteiger partial charge in [0.05, 0.1) is 0 Å². The minimum atomic E-state index is -0.491. The Kier molecular flexibility index (Phi) is 10.1. The van der Waals surface area contributed by atoms with Crippen LogP contribution in [0.2, 0.25) is 0 Å². The Balaban J connectivity index is 1.45. The number of hydrogen-bond donors (Lipinski definition) is 2. The smallest absolute Gasteiger partial charge is 0.323 e. The molecule has 3 aromatic carbocycles. The summed E-state index contributed by atoms with van der Waals surface area (Å²) in [4.78, 5) is 37.4. The molecule has 8 nitrogen and oxygen atoms in total. The second kappa shape index (κ2) is 15.0. The summed E-state index contributed by atoms with van der Waals surface area (Å²) < 4.78 is 7.80. The highest BCUT2D eigenvalue weighted by molar-refractivity contribution is 6.07. The maximum absolute atomic E-state index is 14.6. The van der Waals surface area contributed by atoms with Crippen LogP contribution in [0.4, 0.5) is 16.2 Å². The molecule has 3 aromatic heterocycles. The van der Waals surface area contributed by atoms with Crippen LogP contribution < -0.4 is 20.9 Å². The fourth-order valence-corrected chi connectivity index (χ4v) is 6.13. The Morgan fingerprint density at radius 2 is 1.47 bits per heavy atom. The van der Waals surface area contributed by atoms with Crippen molar-refractivity contribution >= 4 is 28.4 Å². The molecule has 3 heterocycles. The van der Waals surface area contributed by atoms with Crippen LogP contribution in [0.3, 0.4) is 0 Å². The van der Waals surface area contributed by atoms with Gasteiger partial charge in [0.25, 0.3) is 5.56 Å². The number of anilines is 2. The Morgan fingerprint density at radius 3 is 2.18 bits per heavy atom. The Morgan fingerprint density at radius 1 is 0.776 bits per heavy atom. The van der Waals surface area contributed by atoms with Gasteiger partial charge in [-0.1, -0.05) is 94.4 Å². The van der Waals surface area contributed by atoms with Gasteiger partial charge in [-0.25, -0.2) is 9.78 Å². The largest absolute Gasteiger partial charge is 0.489 e. The van der Waals surface area contributed by atoms with E-state index in [1.54, 1.807) is 23.2 Å². The van der Waals surface area contributed by atoms with Crippen molar-refractivity contribution in [2.45, 2.75) is 59.1 Å². The van der Waals surface area contributed by atoms with Crippen molar-refractivity contribution in [3.63, 3.8) is 0 Å². The number of fused-ring (bicyclic) bond motifs is 1. The van der Waals surface area contributed by atoms with Crippen molar-refractivity contribution < 1.29 is 9.53 Å². The SMILES string of the molecule is CC(C)c1cccc(C(C)C)c1NC(=O)Nc1c(-c2cccc(OCc3cccnc3)c2)c2cccnc2n(CCc2ccccc2)c1=O. The van der Waals surface area contributed by atoms with E-state index in [0.29, 0.717) is 36.5 Å². The zero-order valence-electron chi connectivity index (χ0n) is 28.3. The molecule has 8 heteroatoms. The number of nitrogens with zero attached hydrogens (tertiary/aromatic N) is 3. The van der Waals surface area contributed by atoms with Crippen molar-refractivity contribution in [1.29, 1.82) is 0 Å². The van der Waals surface area contributed by atoms with Crippen LogP contribution in [0, 0.1) is 0 Å². The number of hydrogen-bond acceptors (Lipinski definition) is 5. The van der Waals surface area contributed by atoms with Gasteiger partial charge in [-0.05, 0) is 70.8 Å². The molecule has 2 N–H and O–H groups in total. The summed E-state index contributed by atoms with van der Waals surface area (Å²) in [6, 6.07) is 30.8. The second-order valence-corrected chi connectivity index (χ2v) is 12.7. The molecule has 0 aliphatic heterocycles. The molecular formula is C41H41N5O3. The molecule has 6 aromatic rings. The van der Waals surface area contributed by atoms with Crippen LogP contribution in [0.25, 0.3) is 22.2 Å². The summed E-state index contributed by atoms with van der Waals surface area (Å²) in [7, 11) is 0. The number of pyridine rings is 3. The molecule has 0 spiro atoms. The lowest BCUT2D eigenvalue weighted by molar-refractivity contribution is 0.262. The van der Waals surface area contributed by atoms with Crippen molar-refractivity contribution in [2.24, 2.45) is 0 Å². The number of aryl methyl sites for hydroxylation is 2. The summed E-state index contributed by atoms with van der Waals surface area (Å²) in [5, 5.41) is 6.87. The number of carbonyl (C=O) groups excluding carboxylic acids is 1. The van der Waals surface area contributed by atoms with Crippen molar-refractivity contribution in [2.75, 3.05) is 10.6 Å². The summed E-state index contributed by atoms with van der Waals surface area (Å²) in [5.74, 6) is 0.983. The minimum absolute atomic E-state index is 0.170. The second-order valence-electron chi connectivity index (χ2n) is 12.7. The Hall–Kier alpha value is -5.76. The van der Waals surface area contributed by atoms with E-state index >= 15 is 0 Å². The number of rotatable bonds is 11. The molecule has 0 aliphatic rings. The fraction of sp³-hybridized carbons (Fsp3) is 0.220. The monoisotopic (exact) mass is 651 g/mol. The lowest BCUT2D eigenvalue weighted by Crippen LogP contribution is -2.30. The number of ether oxygens (including phenoxy) is 1. The predicted molar refractivity (Wildman–Crippen MR) is 197 cm³/mol. The van der Waals surface area contributed by atoms with Crippen LogP contribution in [0.15, 0.2) is 120 Å². The number of benzene rings is 3. The average Bonchev–Trinajstić information content (AvgIpc) is 3.11. The van der Waals surface area contributed by atoms with E-state index in [1.165, 1.54) is 0 Å². The first kappa shape index (κ1) is 33.2. The van der Waals surface area contributed by atoms with Gasteiger partial charge in [-0.15, -0.1) is 0 Å². The van der Waals surface area contributed by atoms with E-state index in [0.717, 1.165) is 38.9 Å². The zero-order chi connectivity index (χ0) is 34.3. The first-order chi connectivity index (χ1) is 23.8. The summed E-state index contributed by atoms with van der Waals surface area (Å²) >= 11 is 0. The van der Waals surface area contributed by atoms with Crippen molar-refractivity contribution in [3.8, 4) is 16.9 Å². The Bertz CT molecular complexity index is 2100. The van der Waals surface area contributed by atoms with Gasteiger partial charge in [-0.2, -0.15) is 0 Å². The topological polar surface area (TPSA) is 98.1 Å². The quantitative estimate of drug-likeness (QED) is 0.146. The summed E-state index contributed by atoms with van der Waals surface area (Å²) in [5.41, 5.74) is 6.53. The first-order valence-electron chi connectivity index (χ1n) is 16.7. The number of carbonyl (C=O) groups is 1. The first-order valence-corrected chi connectivity index (χ1v) is 16.7. The number of urea groups is 1. The number of nitrogens with one attached hydrogen (secondary N) is 2. The molecule has 0 radical (unpaired) electrons. The van der Waals surface area contributed by atoms with Crippen LogP contribution in [0.5, 0.6) is 5.75 Å². The minimum Gasteiger partial charge on any atom is -0.489 e. The number of amides is 2. The van der Waals surface area contributed by atoms with Crippen LogP contribution in [-0.2, 0) is 19.6 Å². The van der Waals surface area contributed by atoms with Crippen LogP contribution >= 0.6 is 0 Å². The molecule has 0 unspecified atom stereocenters. The third-order valence-electron chi connectivity index (χ3n) is 8.59. The van der Waals surface area contributed by atoms with E-state index in [2.05, 4.69) is 48.3 Å². The highest BCUT2D eigenvalue weighted by Crippen LogP contribution is 2.36. The van der Waals surface area contributed by atoms with Crippen LogP contribution in [0.1, 0.15) is 61.8 Å². The standard InChI is InChI=1S/C41H41N5O3/c1-27(2)33-17-9-18-34(28(3)4)37(33)44-41(48)45-38-36(31-15-8-16-32(24-31)49-26-30-14-10-21-42-25-30)35-19-11-22-43-39(35)46(40(38)47)23-20-29-12-6-5-7-13-29/h5-19,21-22,24-25,27-28H,20,23,26H2,1-4H3,(H2,44,45,48). The molecule has 0 atom stereocenters. The normalized spacial score (nSPS) is 11.2. The van der Waals surface area contributed by atoms with E-state index in [1.807, 2.05) is 97.1 Å². The molecule has 2 amide bonds. The molecule has 0 saturated carbocycles. The maximum atomic E-state index is 14.6. The molecule has 6 rings (SSSR count). The number of aromatic nitrogens is 3. The molecule has 49 heavy (non-hydrogen) atoms. The maximum Gasteiger partial charge on any atom is 0.323 e. The van der Waals surface area contributed by atoms with Gasteiger partial charge in [-0.3, -0.25) is 14.3 Å². The van der Waals surface area contributed by atoms with Crippen molar-refractivity contribution in [1.82, 2.24) is 14.5 Å². The molecule has 0 fully saturated rings. The predicted octanol–water partition coefficient (Wildman–Crippen LogP) is 9.17. The van der Waals surface area contributed by atoms with Gasteiger partial charge in [0, 0.05) is 47.3 Å². The van der Waals surface area contributed by atoms with Gasteiger partial charge in [0.2, 0.25) is 0 Å². The molecule has 0 saturated heterocycles. The Labute approximate surface area is 286 Å². The molecule has 248 valence electrons. The van der Waals surface area contributed by atoms with Gasteiger partial charge >= 0.3 is 6.03 Å². The van der Waals surface area contributed by atoms with Gasteiger partial charge in [0.15, 0.2) is 0 Å². The average molecular weight is 652 g/mol. The van der Waals surface area contributed by atoms with E-state index in [9.17, 15) is 9.59 Å². The van der Waals surface area contributed by atoms with Crippen LogP contribution in [-0.4, -0.2) is 20.6 Å². The highest BCUT2D eigenvalue weighted by Gasteiger charge is 2.23. The van der Waals surface area contributed by atoms with Crippen molar-refractivity contribution in [3.05, 3.63) is 148 Å². The van der Waals surface area contributed by atoms with E-state index in [-0.39, 0.29) is 23.1 Å². The highest BCUT2D eigenvalue weighted by atomic mass is 16.5. The van der Waals surface area contributed by atoms with Gasteiger partial charge in [0.1, 0.15) is 23.7 Å². The van der Waals surface area contributed by atoms with E-state index < -0.39 is 6.03 Å². The third-order valence-corrected chi connectivity index (χ3v) is 8.59. The molecule has 0 bridgehead atoms. The lowest BCUT2D eigenvalue weighted by Gasteiger charge is -2.22. The summed E-state index contributed by atoms with van der Waals surface area (Å²) in [6.07, 6.45) is 5.80. The number of para-hydroxylation sites is 1. The molecule has 0 aliphatic carbocycles. The zero-order valence-corrected chi connectivity index (χ0v) is 28.3. The van der Waals surface area contributed by atoms with E-state index in [4.69, 9.17) is 4.74 Å². The fourth-order valence-electron chi connectivity index (χ4n) is 6.13. The third kappa shape index (κ3) is 7.54. The molecular weight excluding hydrogens is 610 g/mol. The lowest BCUT2D eigenvalue weighted by atomic mass is 9.93. The summed E-state index contributed by atoms with van der Waals surface area (Å²) in [6.45, 7) is 9.13.